The van der Waals surface area contributed by atoms with Crippen molar-refractivity contribution in [1.82, 2.24) is 4.57 Å². The molecule has 0 bridgehead atoms. The van der Waals surface area contributed by atoms with Crippen LogP contribution in [-0.4, -0.2) is 23.1 Å². The van der Waals surface area contributed by atoms with Crippen LogP contribution >= 0.6 is 0 Å². The Morgan fingerprint density at radius 3 is 2.20 bits per heavy atom. The Balaban J connectivity index is 1.71. The van der Waals surface area contributed by atoms with E-state index in [9.17, 15) is 9.59 Å². The van der Waals surface area contributed by atoms with Crippen molar-refractivity contribution in [2.24, 2.45) is 5.92 Å². The average Bonchev–Trinajstić information content (AvgIpc) is 3.28. The zero-order chi connectivity index (χ0) is 21.3. The van der Waals surface area contributed by atoms with Crippen molar-refractivity contribution in [3.05, 3.63) is 90.3 Å². The molecule has 3 rings (SSSR count). The number of rotatable bonds is 9. The van der Waals surface area contributed by atoms with E-state index in [-0.39, 0.29) is 17.8 Å². The number of amides is 1. The molecule has 1 heterocycles. The minimum atomic E-state index is -0.450. The van der Waals surface area contributed by atoms with Gasteiger partial charge in [0, 0.05) is 18.1 Å². The molecule has 5 nitrogen and oxygen atoms in total. The zero-order valence-electron chi connectivity index (χ0n) is 17.5. The summed E-state index contributed by atoms with van der Waals surface area (Å²) in [7, 11) is 0. The van der Waals surface area contributed by atoms with Gasteiger partial charge in [0.25, 0.3) is 5.91 Å². The molecule has 0 aliphatic rings. The molecule has 0 fully saturated rings. The molecule has 0 spiro atoms. The lowest BCUT2D eigenvalue weighted by atomic mass is 9.97. The number of carbonyl (C=O) groups excluding carboxylic acids is 2. The first-order valence-corrected chi connectivity index (χ1v) is 10.4. The first kappa shape index (κ1) is 21.4. The molecule has 3 aromatic rings. The molecule has 2 atom stereocenters. The topological polar surface area (TPSA) is 60.3 Å². The Labute approximate surface area is 177 Å². The molecule has 0 aliphatic carbocycles. The lowest BCUT2D eigenvalue weighted by molar-refractivity contribution is -0.148. The van der Waals surface area contributed by atoms with Gasteiger partial charge in [-0.1, -0.05) is 49.4 Å². The van der Waals surface area contributed by atoms with Crippen LogP contribution < -0.4 is 5.32 Å². The number of nitrogens with one attached hydrogen (secondary N) is 1. The third-order valence-electron chi connectivity index (χ3n) is 5.11. The number of benzene rings is 2. The van der Waals surface area contributed by atoms with Crippen molar-refractivity contribution in [1.29, 1.82) is 0 Å². The molecule has 30 heavy (non-hydrogen) atoms. The van der Waals surface area contributed by atoms with Gasteiger partial charge in [-0.25, -0.2) is 0 Å². The smallest absolute Gasteiger partial charge is 0.309 e. The SMILES string of the molecule is CCOC(=O)C(CC)Cc1ccc(NC(=O)C(c2ccccc2)n2cccc2)cc1. The molecule has 0 saturated carbocycles. The van der Waals surface area contributed by atoms with Crippen molar-refractivity contribution in [3.63, 3.8) is 0 Å². The Bertz CT molecular complexity index is 934. The summed E-state index contributed by atoms with van der Waals surface area (Å²) in [4.78, 5) is 25.1. The van der Waals surface area contributed by atoms with E-state index in [0.717, 1.165) is 23.2 Å². The quantitative estimate of drug-likeness (QED) is 0.519. The van der Waals surface area contributed by atoms with E-state index in [1.54, 1.807) is 0 Å². The molecular formula is C25H28N2O3. The Hall–Kier alpha value is -3.34. The number of ether oxygens (including phenoxy) is 1. The molecule has 156 valence electrons. The maximum absolute atomic E-state index is 13.1. The van der Waals surface area contributed by atoms with Gasteiger partial charge in [-0.3, -0.25) is 9.59 Å². The van der Waals surface area contributed by atoms with Crippen LogP contribution in [0.3, 0.4) is 0 Å². The van der Waals surface area contributed by atoms with Gasteiger partial charge in [0.05, 0.1) is 12.5 Å². The second-order valence-corrected chi connectivity index (χ2v) is 7.19. The number of hydrogen-bond donors (Lipinski definition) is 1. The molecule has 1 aromatic heterocycles. The summed E-state index contributed by atoms with van der Waals surface area (Å²) in [6, 6.07) is 20.7. The van der Waals surface area contributed by atoms with Crippen LogP contribution in [0.1, 0.15) is 37.4 Å². The first-order valence-electron chi connectivity index (χ1n) is 10.4. The average molecular weight is 405 g/mol. The van der Waals surface area contributed by atoms with Crippen molar-refractivity contribution < 1.29 is 14.3 Å². The highest BCUT2D eigenvalue weighted by molar-refractivity contribution is 5.95. The fourth-order valence-corrected chi connectivity index (χ4v) is 3.49. The van der Waals surface area contributed by atoms with Crippen LogP contribution in [-0.2, 0) is 20.7 Å². The second kappa shape index (κ2) is 10.4. The fourth-order valence-electron chi connectivity index (χ4n) is 3.49. The van der Waals surface area contributed by atoms with E-state index in [1.165, 1.54) is 0 Å². The van der Waals surface area contributed by atoms with E-state index < -0.39 is 6.04 Å². The van der Waals surface area contributed by atoms with Crippen molar-refractivity contribution in [2.75, 3.05) is 11.9 Å². The third kappa shape index (κ3) is 5.38. The van der Waals surface area contributed by atoms with Crippen molar-refractivity contribution >= 4 is 17.6 Å². The minimum absolute atomic E-state index is 0.108. The summed E-state index contributed by atoms with van der Waals surface area (Å²) in [5.41, 5.74) is 2.68. The van der Waals surface area contributed by atoms with E-state index in [4.69, 9.17) is 4.74 Å². The van der Waals surface area contributed by atoms with Crippen molar-refractivity contribution in [2.45, 2.75) is 32.7 Å². The lowest BCUT2D eigenvalue weighted by Crippen LogP contribution is -2.26. The maximum atomic E-state index is 13.1. The summed E-state index contributed by atoms with van der Waals surface area (Å²) < 4.78 is 7.04. The Morgan fingerprint density at radius 1 is 0.933 bits per heavy atom. The van der Waals surface area contributed by atoms with E-state index in [1.807, 2.05) is 97.5 Å². The van der Waals surface area contributed by atoms with Gasteiger partial charge >= 0.3 is 5.97 Å². The molecule has 2 unspecified atom stereocenters. The van der Waals surface area contributed by atoms with E-state index in [0.29, 0.717) is 13.0 Å². The second-order valence-electron chi connectivity index (χ2n) is 7.19. The summed E-state index contributed by atoms with van der Waals surface area (Å²) in [6.45, 7) is 4.20. The van der Waals surface area contributed by atoms with Crippen LogP contribution in [0.15, 0.2) is 79.1 Å². The lowest BCUT2D eigenvalue weighted by Gasteiger charge is -2.19. The van der Waals surface area contributed by atoms with Gasteiger partial charge in [-0.15, -0.1) is 0 Å². The predicted molar refractivity (Wildman–Crippen MR) is 118 cm³/mol. The van der Waals surface area contributed by atoms with E-state index in [2.05, 4.69) is 5.32 Å². The van der Waals surface area contributed by atoms with Crippen molar-refractivity contribution in [3.8, 4) is 0 Å². The van der Waals surface area contributed by atoms with Crippen LogP contribution in [0, 0.1) is 5.92 Å². The van der Waals surface area contributed by atoms with E-state index >= 15 is 0 Å². The van der Waals surface area contributed by atoms with Gasteiger partial charge < -0.3 is 14.6 Å². The monoisotopic (exact) mass is 404 g/mol. The standard InChI is InChI=1S/C25H28N2O3/c1-3-20(25(29)30-4-2)18-19-12-14-22(15-13-19)26-24(28)23(27-16-8-9-17-27)21-10-6-5-7-11-21/h5-17,20,23H,3-4,18H2,1-2H3,(H,26,28). The number of hydrogen-bond acceptors (Lipinski definition) is 3. The maximum Gasteiger partial charge on any atom is 0.309 e. The molecule has 1 amide bonds. The largest absolute Gasteiger partial charge is 0.466 e. The van der Waals surface area contributed by atoms with Crippen LogP contribution in [0.4, 0.5) is 5.69 Å². The van der Waals surface area contributed by atoms with Crippen LogP contribution in [0.2, 0.25) is 0 Å². The van der Waals surface area contributed by atoms with Gasteiger partial charge in [-0.2, -0.15) is 0 Å². The highest BCUT2D eigenvalue weighted by atomic mass is 16.5. The summed E-state index contributed by atoms with van der Waals surface area (Å²) >= 11 is 0. The molecule has 0 saturated heterocycles. The minimum Gasteiger partial charge on any atom is -0.466 e. The molecule has 2 aromatic carbocycles. The molecule has 0 aliphatic heterocycles. The number of anilines is 1. The normalized spacial score (nSPS) is 12.7. The van der Waals surface area contributed by atoms with Gasteiger partial charge in [0.15, 0.2) is 0 Å². The number of carbonyl (C=O) groups is 2. The molecular weight excluding hydrogens is 376 g/mol. The van der Waals surface area contributed by atoms with Crippen LogP contribution in [0.5, 0.6) is 0 Å². The predicted octanol–water partition coefficient (Wildman–Crippen LogP) is 4.85. The Morgan fingerprint density at radius 2 is 1.60 bits per heavy atom. The molecule has 1 N–H and O–H groups in total. The van der Waals surface area contributed by atoms with Crippen LogP contribution in [0.25, 0.3) is 0 Å². The Kier molecular flexibility index (Phi) is 7.44. The highest BCUT2D eigenvalue weighted by Crippen LogP contribution is 2.22. The highest BCUT2D eigenvalue weighted by Gasteiger charge is 2.22. The molecule has 5 heteroatoms. The summed E-state index contributed by atoms with van der Waals surface area (Å²) in [6.07, 6.45) is 5.13. The summed E-state index contributed by atoms with van der Waals surface area (Å²) in [5, 5.41) is 3.01. The number of nitrogens with zero attached hydrogens (tertiary/aromatic N) is 1. The molecule has 0 radical (unpaired) electrons. The van der Waals surface area contributed by atoms with Gasteiger partial charge in [-0.05, 0) is 55.2 Å². The van der Waals surface area contributed by atoms with Gasteiger partial charge in [0.1, 0.15) is 6.04 Å². The number of esters is 1. The first-order chi connectivity index (χ1) is 14.6. The summed E-state index contributed by atoms with van der Waals surface area (Å²) in [5.74, 6) is -0.417. The zero-order valence-corrected chi connectivity index (χ0v) is 17.5. The number of aromatic nitrogens is 1. The fraction of sp³-hybridized carbons (Fsp3) is 0.280. The third-order valence-corrected chi connectivity index (χ3v) is 5.11. The van der Waals surface area contributed by atoms with Gasteiger partial charge in [0.2, 0.25) is 0 Å².